The monoisotopic (exact) mass is 397 g/mol. The first-order chi connectivity index (χ1) is 13.4. The number of hydrogen-bond donors (Lipinski definition) is 0. The van der Waals surface area contributed by atoms with Gasteiger partial charge in [0.15, 0.2) is 0 Å². The number of benzene rings is 2. The fourth-order valence-corrected chi connectivity index (χ4v) is 5.79. The average molecular weight is 397 g/mol. The van der Waals surface area contributed by atoms with Gasteiger partial charge >= 0.3 is 5.97 Å². The van der Waals surface area contributed by atoms with Gasteiger partial charge in [0, 0.05) is 5.92 Å². The molecule has 5 nitrogen and oxygen atoms in total. The Hall–Kier alpha value is -2.60. The molecule has 1 aliphatic heterocycles. The molecule has 0 fully saturated rings. The molecule has 0 saturated heterocycles. The highest BCUT2D eigenvalue weighted by molar-refractivity contribution is 7.92. The number of nitrogens with zero attached hydrogens (tertiary/aromatic N) is 1. The van der Waals surface area contributed by atoms with Gasteiger partial charge in [-0.05, 0) is 62.6 Å². The molecule has 2 atom stereocenters. The number of hydrogen-bond acceptors (Lipinski definition) is 4. The van der Waals surface area contributed by atoms with E-state index in [0.717, 1.165) is 24.0 Å². The van der Waals surface area contributed by atoms with Crippen molar-refractivity contribution in [2.75, 3.05) is 10.9 Å². The summed E-state index contributed by atoms with van der Waals surface area (Å²) in [5.74, 6) is -0.445. The van der Waals surface area contributed by atoms with Gasteiger partial charge in [-0.1, -0.05) is 29.8 Å². The molecule has 0 radical (unpaired) electrons. The molecule has 4 rings (SSSR count). The van der Waals surface area contributed by atoms with E-state index in [1.54, 1.807) is 41.6 Å². The fraction of sp³-hybridized carbons (Fsp3) is 0.318. The molecule has 0 unspecified atom stereocenters. The summed E-state index contributed by atoms with van der Waals surface area (Å²) in [6.45, 7) is 4.00. The maximum atomic E-state index is 13.5. The van der Waals surface area contributed by atoms with Crippen LogP contribution in [0.5, 0.6) is 0 Å². The standard InChI is InChI=1S/C22H23NO4S/c1-3-27-22(24)16-10-13-21-19(14-16)18-6-4-5-7-20(18)23(21)28(25,26)17-11-8-15(2)9-12-17/h4,6,8-14,18,20H,3,5,7H2,1-2H3/t18-,20-/m1/s1. The Morgan fingerprint density at radius 2 is 1.93 bits per heavy atom. The number of esters is 1. The third kappa shape index (κ3) is 3.02. The van der Waals surface area contributed by atoms with Crippen LogP contribution in [-0.4, -0.2) is 27.0 Å². The number of sulfonamides is 1. The maximum absolute atomic E-state index is 13.5. The molecule has 6 heteroatoms. The van der Waals surface area contributed by atoms with E-state index in [0.29, 0.717) is 17.9 Å². The molecule has 0 amide bonds. The normalized spacial score (nSPS) is 20.6. The van der Waals surface area contributed by atoms with Gasteiger partial charge in [0.25, 0.3) is 10.0 Å². The number of allylic oxidation sites excluding steroid dienone is 1. The molecule has 0 aromatic heterocycles. The van der Waals surface area contributed by atoms with Gasteiger partial charge in [-0.15, -0.1) is 0 Å². The van der Waals surface area contributed by atoms with Crippen molar-refractivity contribution in [1.82, 2.24) is 0 Å². The number of carbonyl (C=O) groups excluding carboxylic acids is 1. The predicted octanol–water partition coefficient (Wildman–Crippen LogP) is 4.18. The molecule has 0 N–H and O–H groups in total. The van der Waals surface area contributed by atoms with Crippen LogP contribution in [0.15, 0.2) is 59.5 Å². The van der Waals surface area contributed by atoms with E-state index >= 15 is 0 Å². The molecular weight excluding hydrogens is 374 g/mol. The van der Waals surface area contributed by atoms with Crippen LogP contribution in [0.3, 0.4) is 0 Å². The van der Waals surface area contributed by atoms with E-state index in [9.17, 15) is 13.2 Å². The molecular formula is C22H23NO4S. The number of carbonyl (C=O) groups is 1. The van der Waals surface area contributed by atoms with E-state index in [1.807, 2.05) is 19.1 Å². The third-order valence-electron chi connectivity index (χ3n) is 5.40. The Morgan fingerprint density at radius 1 is 1.18 bits per heavy atom. The van der Waals surface area contributed by atoms with Crippen LogP contribution in [0.2, 0.25) is 0 Å². The van der Waals surface area contributed by atoms with Gasteiger partial charge in [-0.3, -0.25) is 4.31 Å². The van der Waals surface area contributed by atoms with Crippen molar-refractivity contribution in [2.45, 2.75) is 43.5 Å². The summed E-state index contributed by atoms with van der Waals surface area (Å²) in [5.41, 5.74) is 2.98. The van der Waals surface area contributed by atoms with Gasteiger partial charge in [0.05, 0.1) is 28.8 Å². The Labute approximate surface area is 165 Å². The van der Waals surface area contributed by atoms with E-state index in [-0.39, 0.29) is 22.8 Å². The minimum absolute atomic E-state index is 0.0571. The molecule has 146 valence electrons. The number of fused-ring (bicyclic) bond motifs is 3. The second-order valence-corrected chi connectivity index (χ2v) is 9.02. The number of rotatable bonds is 4. The molecule has 2 aromatic carbocycles. The molecule has 1 aliphatic carbocycles. The van der Waals surface area contributed by atoms with Crippen molar-refractivity contribution in [2.24, 2.45) is 0 Å². The third-order valence-corrected chi connectivity index (χ3v) is 7.25. The van der Waals surface area contributed by atoms with Gasteiger partial charge < -0.3 is 4.74 Å². The van der Waals surface area contributed by atoms with Crippen molar-refractivity contribution in [3.63, 3.8) is 0 Å². The van der Waals surface area contributed by atoms with Gasteiger partial charge in [0.2, 0.25) is 0 Å². The van der Waals surface area contributed by atoms with Crippen LogP contribution in [-0.2, 0) is 14.8 Å². The lowest BCUT2D eigenvalue weighted by Gasteiger charge is -2.30. The average Bonchev–Trinajstić information content (AvgIpc) is 3.03. The van der Waals surface area contributed by atoms with Crippen LogP contribution in [0.4, 0.5) is 5.69 Å². The van der Waals surface area contributed by atoms with Crippen LogP contribution in [0.25, 0.3) is 0 Å². The second kappa shape index (κ2) is 7.09. The Bertz CT molecular complexity index is 1040. The highest BCUT2D eigenvalue weighted by Gasteiger charge is 2.44. The SMILES string of the molecule is CCOC(=O)c1ccc2c(c1)[C@H]1C=CCC[C@H]1N2S(=O)(=O)c1ccc(C)cc1. The first-order valence-electron chi connectivity index (χ1n) is 9.52. The summed E-state index contributed by atoms with van der Waals surface area (Å²) in [4.78, 5) is 12.5. The van der Waals surface area contributed by atoms with Crippen molar-refractivity contribution in [3.05, 3.63) is 71.3 Å². The summed E-state index contributed by atoms with van der Waals surface area (Å²) in [5, 5.41) is 0. The van der Waals surface area contributed by atoms with Crippen molar-refractivity contribution >= 4 is 21.7 Å². The van der Waals surface area contributed by atoms with Gasteiger partial charge in [-0.2, -0.15) is 0 Å². The van der Waals surface area contributed by atoms with E-state index in [2.05, 4.69) is 12.2 Å². The minimum atomic E-state index is -3.70. The summed E-state index contributed by atoms with van der Waals surface area (Å²) in [7, 11) is -3.70. The fourth-order valence-electron chi connectivity index (χ4n) is 4.07. The lowest BCUT2D eigenvalue weighted by molar-refractivity contribution is 0.0526. The molecule has 2 aliphatic rings. The maximum Gasteiger partial charge on any atom is 0.338 e. The van der Waals surface area contributed by atoms with Crippen LogP contribution in [0.1, 0.15) is 47.2 Å². The molecule has 0 spiro atoms. The number of ether oxygens (including phenoxy) is 1. The van der Waals surface area contributed by atoms with E-state index < -0.39 is 10.0 Å². The highest BCUT2D eigenvalue weighted by Crippen LogP contribution is 2.48. The van der Waals surface area contributed by atoms with Crippen molar-refractivity contribution in [3.8, 4) is 0 Å². The Balaban J connectivity index is 1.82. The topological polar surface area (TPSA) is 63.7 Å². The Morgan fingerprint density at radius 3 is 2.64 bits per heavy atom. The van der Waals surface area contributed by atoms with Crippen LogP contribution in [0, 0.1) is 6.92 Å². The molecule has 0 bridgehead atoms. The number of anilines is 1. The highest BCUT2D eigenvalue weighted by atomic mass is 32.2. The van der Waals surface area contributed by atoms with Gasteiger partial charge in [0.1, 0.15) is 0 Å². The Kier molecular flexibility index (Phi) is 4.75. The molecule has 2 aromatic rings. The van der Waals surface area contributed by atoms with Crippen LogP contribution < -0.4 is 4.31 Å². The molecule has 1 heterocycles. The summed E-state index contributed by atoms with van der Waals surface area (Å²) >= 11 is 0. The number of aryl methyl sites for hydroxylation is 1. The quantitative estimate of drug-likeness (QED) is 0.573. The smallest absolute Gasteiger partial charge is 0.338 e. The first-order valence-corrected chi connectivity index (χ1v) is 11.0. The molecule has 0 saturated carbocycles. The van der Waals surface area contributed by atoms with Crippen LogP contribution >= 0.6 is 0 Å². The van der Waals surface area contributed by atoms with Gasteiger partial charge in [-0.25, -0.2) is 13.2 Å². The largest absolute Gasteiger partial charge is 0.462 e. The molecule has 28 heavy (non-hydrogen) atoms. The summed E-state index contributed by atoms with van der Waals surface area (Å²) in [6, 6.07) is 11.9. The first kappa shape index (κ1) is 18.7. The zero-order chi connectivity index (χ0) is 19.9. The zero-order valence-electron chi connectivity index (χ0n) is 16.0. The second-order valence-electron chi connectivity index (χ2n) is 7.21. The summed E-state index contributed by atoms with van der Waals surface area (Å²) in [6.07, 6.45) is 5.73. The zero-order valence-corrected chi connectivity index (χ0v) is 16.8. The summed E-state index contributed by atoms with van der Waals surface area (Å²) < 4.78 is 33.7. The predicted molar refractivity (Wildman–Crippen MR) is 108 cm³/mol. The lowest BCUT2D eigenvalue weighted by atomic mass is 9.87. The van der Waals surface area contributed by atoms with E-state index in [1.165, 1.54) is 0 Å². The van der Waals surface area contributed by atoms with Crippen molar-refractivity contribution < 1.29 is 17.9 Å². The van der Waals surface area contributed by atoms with E-state index in [4.69, 9.17) is 4.74 Å². The van der Waals surface area contributed by atoms with Crippen molar-refractivity contribution in [1.29, 1.82) is 0 Å². The minimum Gasteiger partial charge on any atom is -0.462 e. The lowest BCUT2D eigenvalue weighted by Crippen LogP contribution is -2.39.